The van der Waals surface area contributed by atoms with Gasteiger partial charge in [-0.2, -0.15) is 0 Å². The van der Waals surface area contributed by atoms with Gasteiger partial charge in [0.2, 0.25) is 0 Å². The molecule has 94 valence electrons. The van der Waals surface area contributed by atoms with Crippen molar-refractivity contribution in [2.45, 2.75) is 38.6 Å². The fourth-order valence-electron chi connectivity index (χ4n) is 2.14. The van der Waals surface area contributed by atoms with Gasteiger partial charge in [-0.1, -0.05) is 29.8 Å². The van der Waals surface area contributed by atoms with Crippen LogP contribution in [0.2, 0.25) is 0 Å². The molecule has 1 aromatic heterocycles. The van der Waals surface area contributed by atoms with Crippen LogP contribution in [0.15, 0.2) is 24.3 Å². The van der Waals surface area contributed by atoms with Gasteiger partial charge in [-0.05, 0) is 26.7 Å². The molecule has 0 amide bonds. The molecular weight excluding hydrogens is 240 g/mol. The van der Waals surface area contributed by atoms with Crippen LogP contribution >= 0.6 is 11.3 Å². The Kier molecular flexibility index (Phi) is 2.96. The second-order valence-electron chi connectivity index (χ2n) is 5.20. The molecule has 1 aromatic carbocycles. The highest BCUT2D eigenvalue weighted by molar-refractivity contribution is 7.15. The average molecular weight is 258 g/mol. The number of aromatic nitrogens is 1. The third-order valence-electron chi connectivity index (χ3n) is 3.36. The van der Waals surface area contributed by atoms with E-state index in [-0.39, 0.29) is 6.04 Å². The Morgan fingerprint density at radius 3 is 2.50 bits per heavy atom. The number of nitrogens with zero attached hydrogens (tertiary/aromatic N) is 1. The lowest BCUT2D eigenvalue weighted by Crippen LogP contribution is -2.05. The van der Waals surface area contributed by atoms with E-state index < -0.39 is 0 Å². The van der Waals surface area contributed by atoms with Gasteiger partial charge >= 0.3 is 0 Å². The van der Waals surface area contributed by atoms with Gasteiger partial charge in [0.25, 0.3) is 0 Å². The first-order valence-corrected chi connectivity index (χ1v) is 7.30. The predicted molar refractivity (Wildman–Crippen MR) is 76.9 cm³/mol. The molecule has 2 N–H and O–H groups in total. The molecule has 3 heteroatoms. The van der Waals surface area contributed by atoms with E-state index in [0.29, 0.717) is 5.92 Å². The summed E-state index contributed by atoms with van der Waals surface area (Å²) >= 11 is 1.76. The first-order valence-electron chi connectivity index (χ1n) is 6.48. The molecule has 0 bridgehead atoms. The Balaban J connectivity index is 2.02. The highest BCUT2D eigenvalue weighted by Gasteiger charge is 2.30. The van der Waals surface area contributed by atoms with E-state index >= 15 is 0 Å². The smallest absolute Gasteiger partial charge is 0.123 e. The third kappa shape index (κ3) is 2.20. The highest BCUT2D eigenvalue weighted by Crippen LogP contribution is 2.45. The summed E-state index contributed by atoms with van der Waals surface area (Å²) in [6.45, 7) is 4.16. The Labute approximate surface area is 112 Å². The number of benzene rings is 1. The molecule has 1 aliphatic rings. The number of hydrogen-bond acceptors (Lipinski definition) is 3. The van der Waals surface area contributed by atoms with Crippen LogP contribution in [-0.4, -0.2) is 4.98 Å². The summed E-state index contributed by atoms with van der Waals surface area (Å²) in [4.78, 5) is 6.10. The molecule has 0 spiro atoms. The monoisotopic (exact) mass is 258 g/mol. The van der Waals surface area contributed by atoms with Crippen LogP contribution in [-0.2, 0) is 0 Å². The molecule has 1 fully saturated rings. The van der Waals surface area contributed by atoms with Gasteiger partial charge in [-0.15, -0.1) is 11.3 Å². The summed E-state index contributed by atoms with van der Waals surface area (Å²) in [6.07, 6.45) is 2.55. The lowest BCUT2D eigenvalue weighted by molar-refractivity contribution is 0.811. The van der Waals surface area contributed by atoms with Crippen LogP contribution in [0, 0.1) is 6.92 Å². The number of thiazole rings is 1. The van der Waals surface area contributed by atoms with Crippen LogP contribution in [0.4, 0.5) is 0 Å². The van der Waals surface area contributed by atoms with E-state index in [1.165, 1.54) is 34.5 Å². The summed E-state index contributed by atoms with van der Waals surface area (Å²) < 4.78 is 0. The lowest BCUT2D eigenvalue weighted by Gasteiger charge is -2.02. The van der Waals surface area contributed by atoms with E-state index in [9.17, 15) is 0 Å². The fraction of sp³-hybridized carbons (Fsp3) is 0.400. The number of rotatable bonds is 3. The van der Waals surface area contributed by atoms with Crippen molar-refractivity contribution >= 4 is 11.3 Å². The molecule has 1 unspecified atom stereocenters. The summed E-state index contributed by atoms with van der Waals surface area (Å²) in [7, 11) is 0. The zero-order valence-electron chi connectivity index (χ0n) is 10.8. The third-order valence-corrected chi connectivity index (χ3v) is 4.68. The van der Waals surface area contributed by atoms with E-state index in [1.807, 2.05) is 0 Å². The van der Waals surface area contributed by atoms with Crippen molar-refractivity contribution in [1.29, 1.82) is 0 Å². The van der Waals surface area contributed by atoms with Crippen LogP contribution in [0.25, 0.3) is 10.6 Å². The van der Waals surface area contributed by atoms with E-state index in [4.69, 9.17) is 10.7 Å². The first kappa shape index (κ1) is 11.9. The summed E-state index contributed by atoms with van der Waals surface area (Å²) in [5.41, 5.74) is 9.81. The van der Waals surface area contributed by atoms with Crippen molar-refractivity contribution in [3.05, 3.63) is 40.4 Å². The van der Waals surface area contributed by atoms with Crippen LogP contribution in [0.1, 0.15) is 47.9 Å². The summed E-state index contributed by atoms with van der Waals surface area (Å²) in [6, 6.07) is 8.67. The molecule has 1 aliphatic carbocycles. The van der Waals surface area contributed by atoms with Crippen LogP contribution in [0.3, 0.4) is 0 Å². The van der Waals surface area contributed by atoms with Gasteiger partial charge in [0.1, 0.15) is 5.01 Å². The molecule has 1 saturated carbocycles. The van der Waals surface area contributed by atoms with Gasteiger partial charge in [-0.25, -0.2) is 4.98 Å². The molecule has 0 aliphatic heterocycles. The largest absolute Gasteiger partial charge is 0.323 e. The second-order valence-corrected chi connectivity index (χ2v) is 6.23. The standard InChI is InChI=1S/C15H18N2S/c1-9-3-5-12(6-4-9)15-17-13(11-7-8-11)14(18-15)10(2)16/h3-6,10-11H,7-8,16H2,1-2H3. The SMILES string of the molecule is Cc1ccc(-c2nc(C3CC3)c(C(C)N)s2)cc1. The average Bonchev–Trinajstić information content (AvgIpc) is 3.09. The van der Waals surface area contributed by atoms with Gasteiger partial charge in [0, 0.05) is 22.4 Å². The normalized spacial score (nSPS) is 16.8. The molecule has 3 rings (SSSR count). The Morgan fingerprint density at radius 1 is 1.28 bits per heavy atom. The number of nitrogens with two attached hydrogens (primary N) is 1. The van der Waals surface area contributed by atoms with Crippen molar-refractivity contribution in [2.24, 2.45) is 5.73 Å². The Morgan fingerprint density at radius 2 is 1.94 bits per heavy atom. The maximum atomic E-state index is 6.07. The van der Waals surface area contributed by atoms with E-state index in [1.54, 1.807) is 11.3 Å². The number of aryl methyl sites for hydroxylation is 1. The molecule has 2 aromatic rings. The van der Waals surface area contributed by atoms with E-state index in [2.05, 4.69) is 38.1 Å². The maximum Gasteiger partial charge on any atom is 0.123 e. The summed E-state index contributed by atoms with van der Waals surface area (Å²) in [5.74, 6) is 0.668. The highest BCUT2D eigenvalue weighted by atomic mass is 32.1. The van der Waals surface area contributed by atoms with Gasteiger partial charge in [-0.3, -0.25) is 0 Å². The maximum absolute atomic E-state index is 6.07. The van der Waals surface area contributed by atoms with Crippen molar-refractivity contribution in [3.8, 4) is 10.6 Å². The van der Waals surface area contributed by atoms with Gasteiger partial charge in [0.15, 0.2) is 0 Å². The molecule has 0 radical (unpaired) electrons. The molecule has 1 atom stereocenters. The Hall–Kier alpha value is -1.19. The van der Waals surface area contributed by atoms with Gasteiger partial charge < -0.3 is 5.73 Å². The molecule has 0 saturated heterocycles. The zero-order chi connectivity index (χ0) is 12.7. The zero-order valence-corrected chi connectivity index (χ0v) is 11.6. The Bertz CT molecular complexity index is 531. The van der Waals surface area contributed by atoms with E-state index in [0.717, 1.165) is 5.01 Å². The summed E-state index contributed by atoms with van der Waals surface area (Å²) in [5, 5.41) is 1.12. The van der Waals surface area contributed by atoms with Gasteiger partial charge in [0.05, 0.1) is 5.69 Å². The van der Waals surface area contributed by atoms with Crippen molar-refractivity contribution in [3.63, 3.8) is 0 Å². The second kappa shape index (κ2) is 4.48. The molecular formula is C15H18N2S. The molecule has 2 nitrogen and oxygen atoms in total. The minimum atomic E-state index is 0.0947. The minimum absolute atomic E-state index is 0.0947. The molecule has 18 heavy (non-hydrogen) atoms. The van der Waals surface area contributed by atoms with Crippen molar-refractivity contribution in [1.82, 2.24) is 4.98 Å². The topological polar surface area (TPSA) is 38.9 Å². The minimum Gasteiger partial charge on any atom is -0.323 e. The lowest BCUT2D eigenvalue weighted by atomic mass is 10.1. The first-order chi connectivity index (χ1) is 8.65. The van der Waals surface area contributed by atoms with Crippen molar-refractivity contribution in [2.75, 3.05) is 0 Å². The van der Waals surface area contributed by atoms with Crippen LogP contribution in [0.5, 0.6) is 0 Å². The predicted octanol–water partition coefficient (Wildman–Crippen LogP) is 4.02. The quantitative estimate of drug-likeness (QED) is 0.903. The fourth-order valence-corrected chi connectivity index (χ4v) is 3.25. The van der Waals surface area contributed by atoms with Crippen LogP contribution < -0.4 is 5.73 Å². The number of hydrogen-bond donors (Lipinski definition) is 1. The molecule has 1 heterocycles. The van der Waals surface area contributed by atoms with Crippen molar-refractivity contribution < 1.29 is 0 Å².